The first-order valence-electron chi connectivity index (χ1n) is 7.82. The van der Waals surface area contributed by atoms with Gasteiger partial charge >= 0.3 is 5.76 Å². The number of fused-ring (bicyclic) bond motifs is 1. The van der Waals surface area contributed by atoms with Crippen molar-refractivity contribution < 1.29 is 12.8 Å². The minimum Gasteiger partial charge on any atom is -0.408 e. The van der Waals surface area contributed by atoms with E-state index < -0.39 is 15.8 Å². The molecule has 4 rings (SSSR count). The van der Waals surface area contributed by atoms with E-state index in [1.54, 1.807) is 18.3 Å². The fraction of sp³-hybridized carbons (Fsp3) is 0.0588. The fourth-order valence-electron chi connectivity index (χ4n) is 2.49. The number of anilines is 1. The molecule has 0 amide bonds. The second-order valence-corrected chi connectivity index (χ2v) is 8.39. The molecule has 2 aromatic carbocycles. The van der Waals surface area contributed by atoms with Crippen molar-refractivity contribution in [3.8, 4) is 0 Å². The van der Waals surface area contributed by atoms with E-state index in [1.807, 2.05) is 29.9 Å². The first-order valence-corrected chi connectivity index (χ1v) is 10.1. The number of oxazole rings is 1. The maximum Gasteiger partial charge on any atom is 0.417 e. The summed E-state index contributed by atoms with van der Waals surface area (Å²) in [5, 5.41) is 0.733. The average Bonchev–Trinajstić information content (AvgIpc) is 3.20. The first kappa shape index (κ1) is 17.4. The Morgan fingerprint density at radius 3 is 2.81 bits per heavy atom. The van der Waals surface area contributed by atoms with Gasteiger partial charge in [0.2, 0.25) is 0 Å². The van der Waals surface area contributed by atoms with Gasteiger partial charge in [-0.05, 0) is 36.0 Å². The van der Waals surface area contributed by atoms with Crippen LogP contribution in [0.15, 0.2) is 79.0 Å². The number of imidazole rings is 1. The molecule has 2 N–H and O–H groups in total. The number of aromatic nitrogens is 3. The van der Waals surface area contributed by atoms with Crippen LogP contribution < -0.4 is 10.5 Å². The molecule has 0 aliphatic rings. The monoisotopic (exact) mass is 402 g/mol. The number of para-hydroxylation sites is 1. The molecule has 10 heteroatoms. The second kappa shape index (κ2) is 6.63. The molecule has 2 aromatic heterocycles. The van der Waals surface area contributed by atoms with E-state index in [2.05, 4.69) is 14.7 Å². The zero-order chi connectivity index (χ0) is 19.0. The molecule has 0 unspecified atom stereocenters. The number of H-pyrrole nitrogens is 1. The summed E-state index contributed by atoms with van der Waals surface area (Å²) in [7, 11) is -2.01. The number of benzene rings is 2. The van der Waals surface area contributed by atoms with Crippen LogP contribution >= 0.6 is 11.8 Å². The highest BCUT2D eigenvalue weighted by Crippen LogP contribution is 2.33. The highest BCUT2D eigenvalue weighted by atomic mass is 32.2. The van der Waals surface area contributed by atoms with Crippen LogP contribution in [0.4, 0.5) is 5.69 Å². The summed E-state index contributed by atoms with van der Waals surface area (Å²) in [6.45, 7) is 0. The number of hydrogen-bond donors (Lipinski definition) is 2. The van der Waals surface area contributed by atoms with Crippen LogP contribution in [0.3, 0.4) is 0 Å². The minimum absolute atomic E-state index is 0.00505. The highest BCUT2D eigenvalue weighted by Gasteiger charge is 2.18. The third kappa shape index (κ3) is 3.49. The summed E-state index contributed by atoms with van der Waals surface area (Å²) in [5.74, 6) is -0.635. The number of nitrogens with one attached hydrogen (secondary N) is 2. The van der Waals surface area contributed by atoms with Gasteiger partial charge in [0, 0.05) is 30.4 Å². The molecule has 0 saturated carbocycles. The van der Waals surface area contributed by atoms with Gasteiger partial charge in [0.1, 0.15) is 0 Å². The van der Waals surface area contributed by atoms with Gasteiger partial charge in [-0.25, -0.2) is 18.2 Å². The zero-order valence-electron chi connectivity index (χ0n) is 14.0. The van der Waals surface area contributed by atoms with Gasteiger partial charge in [-0.2, -0.15) is 0 Å². The van der Waals surface area contributed by atoms with Crippen molar-refractivity contribution in [2.24, 2.45) is 7.05 Å². The van der Waals surface area contributed by atoms with Gasteiger partial charge < -0.3 is 8.98 Å². The van der Waals surface area contributed by atoms with Crippen molar-refractivity contribution in [2.75, 3.05) is 4.72 Å². The lowest BCUT2D eigenvalue weighted by molar-refractivity contribution is 0.554. The molecule has 0 atom stereocenters. The number of hydrogen-bond acceptors (Lipinski definition) is 6. The number of nitrogens with zero attached hydrogens (tertiary/aromatic N) is 2. The third-order valence-corrected chi connectivity index (χ3v) is 6.33. The summed E-state index contributed by atoms with van der Waals surface area (Å²) >= 11 is 1.35. The van der Waals surface area contributed by atoms with Crippen LogP contribution in [0.1, 0.15) is 0 Å². The van der Waals surface area contributed by atoms with Crippen molar-refractivity contribution in [3.63, 3.8) is 0 Å². The van der Waals surface area contributed by atoms with Crippen molar-refractivity contribution in [2.45, 2.75) is 14.9 Å². The topological polar surface area (TPSA) is 110 Å². The molecule has 0 saturated heterocycles. The molecule has 138 valence electrons. The van der Waals surface area contributed by atoms with E-state index in [1.165, 1.54) is 30.0 Å². The normalized spacial score (nSPS) is 11.7. The molecule has 2 heterocycles. The Kier molecular flexibility index (Phi) is 4.28. The smallest absolute Gasteiger partial charge is 0.408 e. The third-order valence-electron chi connectivity index (χ3n) is 3.81. The average molecular weight is 402 g/mol. The van der Waals surface area contributed by atoms with Crippen LogP contribution in [0.25, 0.3) is 11.1 Å². The molecule has 8 nitrogen and oxygen atoms in total. The highest BCUT2D eigenvalue weighted by molar-refractivity contribution is 7.99. The largest absolute Gasteiger partial charge is 0.417 e. The van der Waals surface area contributed by atoms with Crippen molar-refractivity contribution in [1.29, 1.82) is 0 Å². The van der Waals surface area contributed by atoms with Crippen molar-refractivity contribution in [3.05, 3.63) is 65.4 Å². The lowest BCUT2D eigenvalue weighted by Crippen LogP contribution is -2.13. The summed E-state index contributed by atoms with van der Waals surface area (Å²) in [5.41, 5.74) is 1.05. The molecule has 0 aliphatic carbocycles. The van der Waals surface area contributed by atoms with Crippen LogP contribution in [0.2, 0.25) is 0 Å². The predicted molar refractivity (Wildman–Crippen MR) is 101 cm³/mol. The summed E-state index contributed by atoms with van der Waals surface area (Å²) in [6.07, 6.45) is 3.49. The van der Waals surface area contributed by atoms with E-state index >= 15 is 0 Å². The van der Waals surface area contributed by atoms with Gasteiger partial charge in [0.25, 0.3) is 10.0 Å². The molecule has 0 radical (unpaired) electrons. The SMILES string of the molecule is Cn1ccnc1Sc1ccccc1NS(=O)(=O)c1ccc2[nH]c(=O)oc2c1. The van der Waals surface area contributed by atoms with E-state index in [0.717, 1.165) is 5.16 Å². The fourth-order valence-corrected chi connectivity index (χ4v) is 4.54. The number of rotatable bonds is 5. The van der Waals surface area contributed by atoms with Gasteiger partial charge in [-0.15, -0.1) is 0 Å². The van der Waals surface area contributed by atoms with Crippen LogP contribution in [0.5, 0.6) is 0 Å². The van der Waals surface area contributed by atoms with E-state index in [9.17, 15) is 13.2 Å². The molecule has 4 aromatic rings. The number of sulfonamides is 1. The Morgan fingerprint density at radius 2 is 2.04 bits per heavy atom. The first-order chi connectivity index (χ1) is 12.9. The Balaban J connectivity index is 1.68. The lowest BCUT2D eigenvalue weighted by Gasteiger charge is -2.12. The molecule has 27 heavy (non-hydrogen) atoms. The van der Waals surface area contributed by atoms with E-state index in [0.29, 0.717) is 16.1 Å². The molecular formula is C17H14N4O4S2. The van der Waals surface area contributed by atoms with Crippen LogP contribution in [-0.2, 0) is 17.1 Å². The predicted octanol–water partition coefficient (Wildman–Crippen LogP) is 2.81. The standard InChI is InChI=1S/C17H14N4O4S2/c1-21-9-8-18-16(21)26-15-5-3-2-4-13(15)20-27(23,24)11-6-7-12-14(10-11)25-17(22)19-12/h2-10,20H,1H3,(H,19,22). The van der Waals surface area contributed by atoms with Gasteiger partial charge in [0.15, 0.2) is 10.7 Å². The van der Waals surface area contributed by atoms with Gasteiger partial charge in [0.05, 0.1) is 16.1 Å². The Bertz CT molecular complexity index is 1290. The molecule has 0 bridgehead atoms. The summed E-state index contributed by atoms with van der Waals surface area (Å²) in [4.78, 5) is 18.7. The molecular weight excluding hydrogens is 388 g/mol. The van der Waals surface area contributed by atoms with Crippen LogP contribution in [-0.4, -0.2) is 23.0 Å². The second-order valence-electron chi connectivity index (χ2n) is 5.70. The van der Waals surface area contributed by atoms with E-state index in [-0.39, 0.29) is 10.5 Å². The zero-order valence-corrected chi connectivity index (χ0v) is 15.7. The lowest BCUT2D eigenvalue weighted by atomic mass is 10.3. The molecule has 0 spiro atoms. The summed E-state index contributed by atoms with van der Waals surface area (Å²) < 4.78 is 35.0. The van der Waals surface area contributed by atoms with Crippen molar-refractivity contribution >= 4 is 38.6 Å². The summed E-state index contributed by atoms with van der Waals surface area (Å²) in [6, 6.07) is 11.3. The van der Waals surface area contributed by atoms with Gasteiger partial charge in [-0.1, -0.05) is 12.1 Å². The Hall–Kier alpha value is -2.98. The van der Waals surface area contributed by atoms with Gasteiger partial charge in [-0.3, -0.25) is 9.71 Å². The van der Waals surface area contributed by atoms with Crippen LogP contribution in [0, 0.1) is 0 Å². The number of aromatic amines is 1. The maximum atomic E-state index is 12.8. The Morgan fingerprint density at radius 1 is 1.22 bits per heavy atom. The Labute approximate surface area is 158 Å². The molecule has 0 fully saturated rings. The number of aryl methyl sites for hydroxylation is 1. The molecule has 0 aliphatic heterocycles. The maximum absolute atomic E-state index is 12.8. The quantitative estimate of drug-likeness (QED) is 0.531. The van der Waals surface area contributed by atoms with E-state index in [4.69, 9.17) is 4.42 Å². The minimum atomic E-state index is -3.87. The van der Waals surface area contributed by atoms with Crippen molar-refractivity contribution in [1.82, 2.24) is 14.5 Å².